The maximum Gasteiger partial charge on any atom is 0.251 e. The van der Waals surface area contributed by atoms with E-state index in [9.17, 15) is 9.59 Å². The molecule has 176 valence electrons. The van der Waals surface area contributed by atoms with Crippen molar-refractivity contribution in [1.29, 1.82) is 0 Å². The number of amides is 2. The highest BCUT2D eigenvalue weighted by molar-refractivity contribution is 6.01. The van der Waals surface area contributed by atoms with Crippen LogP contribution in [0.3, 0.4) is 0 Å². The number of hydrogen-bond donors (Lipinski definition) is 2. The van der Waals surface area contributed by atoms with Gasteiger partial charge in [-0.25, -0.2) is 9.97 Å². The summed E-state index contributed by atoms with van der Waals surface area (Å²) in [6, 6.07) is 14.9. The molecule has 2 amide bonds. The highest BCUT2D eigenvalue weighted by Gasteiger charge is 2.26. The molecule has 0 bridgehead atoms. The van der Waals surface area contributed by atoms with E-state index in [0.29, 0.717) is 24.7 Å². The Labute approximate surface area is 199 Å². The predicted molar refractivity (Wildman–Crippen MR) is 132 cm³/mol. The van der Waals surface area contributed by atoms with Crippen molar-refractivity contribution < 1.29 is 14.3 Å². The second kappa shape index (κ2) is 10.0. The molecule has 0 fully saturated rings. The van der Waals surface area contributed by atoms with Gasteiger partial charge in [-0.1, -0.05) is 18.2 Å². The third-order valence-electron chi connectivity index (χ3n) is 5.68. The van der Waals surface area contributed by atoms with Gasteiger partial charge in [0, 0.05) is 41.7 Å². The molecule has 1 aliphatic heterocycles. The maximum atomic E-state index is 12.7. The number of ether oxygens (including phenoxy) is 1. The number of fused-ring (bicyclic) bond motifs is 3. The number of carbonyl (C=O) groups is 2. The van der Waals surface area contributed by atoms with Crippen molar-refractivity contribution in [3.05, 3.63) is 65.4 Å². The minimum Gasteiger partial charge on any atom is -0.377 e. The molecule has 2 N–H and O–H groups in total. The quantitative estimate of drug-likeness (QED) is 0.521. The first kappa shape index (κ1) is 23.4. The molecule has 0 saturated heterocycles. The Morgan fingerprint density at radius 3 is 2.59 bits per heavy atom. The molecule has 3 aromatic rings. The Morgan fingerprint density at radius 2 is 1.85 bits per heavy atom. The fraction of sp³-hybridized carbons (Fsp3) is 0.308. The smallest absolute Gasteiger partial charge is 0.251 e. The molecule has 0 spiro atoms. The van der Waals surface area contributed by atoms with Gasteiger partial charge in [0.05, 0.1) is 30.5 Å². The Kier molecular flexibility index (Phi) is 6.88. The van der Waals surface area contributed by atoms with E-state index in [1.54, 1.807) is 24.1 Å². The van der Waals surface area contributed by atoms with E-state index in [2.05, 4.69) is 15.6 Å². The van der Waals surface area contributed by atoms with Crippen molar-refractivity contribution in [1.82, 2.24) is 15.3 Å². The molecule has 1 aromatic heterocycles. The van der Waals surface area contributed by atoms with Crippen LogP contribution in [0.1, 0.15) is 35.5 Å². The van der Waals surface area contributed by atoms with E-state index in [1.807, 2.05) is 57.2 Å². The van der Waals surface area contributed by atoms with Crippen LogP contribution in [0.5, 0.6) is 0 Å². The monoisotopic (exact) mass is 459 g/mol. The van der Waals surface area contributed by atoms with Crippen molar-refractivity contribution in [2.24, 2.45) is 0 Å². The van der Waals surface area contributed by atoms with Crippen LogP contribution >= 0.6 is 0 Å². The molecule has 0 radical (unpaired) electrons. The Morgan fingerprint density at radius 1 is 1.12 bits per heavy atom. The lowest BCUT2D eigenvalue weighted by molar-refractivity contribution is -0.117. The average Bonchev–Trinajstić information content (AvgIpc) is 2.93. The SMILES string of the molecule is Cc1nc(Nc2ccc(C(=O)NCCOC(C)C)cc2)nc2c1CC(=O)N(C)c1ccccc1-2. The zero-order chi connectivity index (χ0) is 24.2. The molecule has 8 nitrogen and oxygen atoms in total. The summed E-state index contributed by atoms with van der Waals surface area (Å²) in [5.74, 6) is 0.288. The molecule has 0 saturated carbocycles. The standard InChI is InChI=1S/C26H29N5O3/c1-16(2)34-14-13-27-25(33)18-9-11-19(12-10-18)29-26-28-17(3)21-15-23(32)31(4)22-8-6-5-7-20(22)24(21)30-26/h5-12,16H,13-15H2,1-4H3,(H,27,33)(H,28,29,30). The van der Waals surface area contributed by atoms with Crippen LogP contribution in [0.2, 0.25) is 0 Å². The second-order valence-corrected chi connectivity index (χ2v) is 8.48. The van der Waals surface area contributed by atoms with E-state index >= 15 is 0 Å². The van der Waals surface area contributed by atoms with E-state index in [1.165, 1.54) is 0 Å². The second-order valence-electron chi connectivity index (χ2n) is 8.48. The summed E-state index contributed by atoms with van der Waals surface area (Å²) in [4.78, 5) is 36.0. The van der Waals surface area contributed by atoms with E-state index in [-0.39, 0.29) is 24.3 Å². The summed E-state index contributed by atoms with van der Waals surface area (Å²) in [7, 11) is 1.78. The molecular weight excluding hydrogens is 430 g/mol. The summed E-state index contributed by atoms with van der Waals surface area (Å²) in [5.41, 5.74) is 5.38. The number of aryl methyl sites for hydroxylation is 1. The van der Waals surface area contributed by atoms with Gasteiger partial charge in [-0.05, 0) is 51.1 Å². The minimum atomic E-state index is -0.151. The fourth-order valence-electron chi connectivity index (χ4n) is 3.85. The van der Waals surface area contributed by atoms with Gasteiger partial charge in [-0.15, -0.1) is 0 Å². The van der Waals surface area contributed by atoms with Crippen LogP contribution in [0.15, 0.2) is 48.5 Å². The van der Waals surface area contributed by atoms with Gasteiger partial charge in [0.25, 0.3) is 5.91 Å². The number of aromatic nitrogens is 2. The molecule has 34 heavy (non-hydrogen) atoms. The number of para-hydroxylation sites is 1. The van der Waals surface area contributed by atoms with Crippen LogP contribution in [0.25, 0.3) is 11.3 Å². The maximum absolute atomic E-state index is 12.7. The number of nitrogens with one attached hydrogen (secondary N) is 2. The lowest BCUT2D eigenvalue weighted by atomic mass is 10.0. The first-order valence-electron chi connectivity index (χ1n) is 11.3. The Bertz CT molecular complexity index is 1210. The van der Waals surface area contributed by atoms with Crippen LogP contribution < -0.4 is 15.5 Å². The summed E-state index contributed by atoms with van der Waals surface area (Å²) in [6.07, 6.45) is 0.384. The third kappa shape index (κ3) is 5.07. The molecule has 0 aliphatic carbocycles. The lowest BCUT2D eigenvalue weighted by Crippen LogP contribution is -2.28. The number of hydrogen-bond acceptors (Lipinski definition) is 6. The summed E-state index contributed by atoms with van der Waals surface area (Å²) >= 11 is 0. The molecule has 0 atom stereocenters. The van der Waals surface area contributed by atoms with Gasteiger partial charge >= 0.3 is 0 Å². The minimum absolute atomic E-state index is 0.00300. The van der Waals surface area contributed by atoms with Crippen molar-refractivity contribution in [2.45, 2.75) is 33.3 Å². The van der Waals surface area contributed by atoms with Crippen molar-refractivity contribution in [3.63, 3.8) is 0 Å². The fourth-order valence-corrected chi connectivity index (χ4v) is 3.85. The van der Waals surface area contributed by atoms with Gasteiger partial charge < -0.3 is 20.3 Å². The summed E-state index contributed by atoms with van der Waals surface area (Å²) < 4.78 is 5.44. The molecule has 0 unspecified atom stereocenters. The van der Waals surface area contributed by atoms with E-state index < -0.39 is 0 Å². The normalized spacial score (nSPS) is 12.7. The van der Waals surface area contributed by atoms with Crippen LogP contribution in [0, 0.1) is 6.92 Å². The summed E-state index contributed by atoms with van der Waals surface area (Å²) in [6.45, 7) is 6.74. The van der Waals surface area contributed by atoms with Gasteiger partial charge in [-0.2, -0.15) is 0 Å². The number of anilines is 3. The average molecular weight is 460 g/mol. The number of carbonyl (C=O) groups excluding carboxylic acids is 2. The van der Waals surface area contributed by atoms with Gasteiger partial charge in [0.15, 0.2) is 0 Å². The van der Waals surface area contributed by atoms with Crippen molar-refractivity contribution in [3.8, 4) is 11.3 Å². The zero-order valence-electron chi connectivity index (χ0n) is 19.9. The number of rotatable bonds is 7. The Balaban J connectivity index is 1.53. The molecule has 1 aliphatic rings. The Hall–Kier alpha value is -3.78. The largest absolute Gasteiger partial charge is 0.377 e. The van der Waals surface area contributed by atoms with Gasteiger partial charge in [0.2, 0.25) is 11.9 Å². The van der Waals surface area contributed by atoms with E-state index in [4.69, 9.17) is 9.72 Å². The first-order chi connectivity index (χ1) is 16.3. The highest BCUT2D eigenvalue weighted by Crippen LogP contribution is 2.36. The van der Waals surface area contributed by atoms with Crippen LogP contribution in [-0.2, 0) is 16.0 Å². The molecule has 2 aromatic carbocycles. The van der Waals surface area contributed by atoms with Crippen LogP contribution in [-0.4, -0.2) is 48.1 Å². The van der Waals surface area contributed by atoms with Crippen molar-refractivity contribution in [2.75, 3.05) is 30.4 Å². The lowest BCUT2D eigenvalue weighted by Gasteiger charge is -2.17. The first-order valence-corrected chi connectivity index (χ1v) is 11.3. The molecule has 2 heterocycles. The van der Waals surface area contributed by atoms with Crippen molar-refractivity contribution >= 4 is 29.1 Å². The molecule has 8 heteroatoms. The topological polar surface area (TPSA) is 96.5 Å². The predicted octanol–water partition coefficient (Wildman–Crippen LogP) is 3.87. The van der Waals surface area contributed by atoms with Crippen LogP contribution in [0.4, 0.5) is 17.3 Å². The van der Waals surface area contributed by atoms with E-state index in [0.717, 1.165) is 33.9 Å². The number of benzene rings is 2. The number of nitrogens with zero attached hydrogens (tertiary/aromatic N) is 3. The molecule has 4 rings (SSSR count). The zero-order valence-corrected chi connectivity index (χ0v) is 19.9. The highest BCUT2D eigenvalue weighted by atomic mass is 16.5. The van der Waals surface area contributed by atoms with Gasteiger partial charge in [-0.3, -0.25) is 9.59 Å². The molecular formula is C26H29N5O3. The van der Waals surface area contributed by atoms with Gasteiger partial charge in [0.1, 0.15) is 0 Å². The third-order valence-corrected chi connectivity index (χ3v) is 5.68. The number of likely N-dealkylation sites (N-methyl/N-ethyl adjacent to an activating group) is 1. The summed E-state index contributed by atoms with van der Waals surface area (Å²) in [5, 5.41) is 6.07.